The summed E-state index contributed by atoms with van der Waals surface area (Å²) >= 11 is 0. The van der Waals surface area contributed by atoms with Crippen molar-refractivity contribution < 1.29 is 14.6 Å². The summed E-state index contributed by atoms with van der Waals surface area (Å²) in [5.41, 5.74) is -0.0580. The van der Waals surface area contributed by atoms with Gasteiger partial charge in [-0.15, -0.1) is 0 Å². The summed E-state index contributed by atoms with van der Waals surface area (Å²) in [6, 6.07) is 7.56. The molecule has 0 spiro atoms. The first-order chi connectivity index (χ1) is 7.26. The number of methoxy groups -OCH3 is 1. The van der Waals surface area contributed by atoms with Gasteiger partial charge in [-0.3, -0.25) is 0 Å². The topological polar surface area (TPSA) is 38.7 Å². The zero-order chi connectivity index (χ0) is 10.7. The highest BCUT2D eigenvalue weighted by atomic mass is 16.5. The minimum Gasteiger partial charge on any atom is -0.496 e. The summed E-state index contributed by atoms with van der Waals surface area (Å²) < 4.78 is 10.6. The molecule has 1 N–H and O–H groups in total. The normalized spacial score (nSPS) is 26.3. The van der Waals surface area contributed by atoms with Gasteiger partial charge in [0.05, 0.1) is 13.7 Å². The fraction of sp³-hybridized carbons (Fsp3) is 0.500. The molecule has 3 nitrogen and oxygen atoms in total. The Bertz CT molecular complexity index is 329. The molecule has 0 bridgehead atoms. The van der Waals surface area contributed by atoms with Gasteiger partial charge in [0.25, 0.3) is 0 Å². The molecular formula is C12H16O3. The van der Waals surface area contributed by atoms with Gasteiger partial charge in [0.2, 0.25) is 0 Å². The van der Waals surface area contributed by atoms with Crippen LogP contribution in [0, 0.1) is 0 Å². The van der Waals surface area contributed by atoms with E-state index >= 15 is 0 Å². The molecule has 0 aliphatic carbocycles. The van der Waals surface area contributed by atoms with E-state index in [2.05, 4.69) is 0 Å². The average Bonchev–Trinajstić information content (AvgIpc) is 2.30. The lowest BCUT2D eigenvalue weighted by Crippen LogP contribution is -2.36. The molecule has 1 saturated heterocycles. The number of ether oxygens (including phenoxy) is 2. The minimum atomic E-state index is -0.884. The maximum atomic E-state index is 10.4. The molecular weight excluding hydrogens is 192 g/mol. The zero-order valence-electron chi connectivity index (χ0n) is 8.90. The first-order valence-corrected chi connectivity index (χ1v) is 5.20. The second-order valence-corrected chi connectivity index (χ2v) is 3.89. The number of rotatable bonds is 2. The molecule has 1 heterocycles. The van der Waals surface area contributed by atoms with Crippen LogP contribution in [0.25, 0.3) is 0 Å². The van der Waals surface area contributed by atoms with E-state index < -0.39 is 5.60 Å². The van der Waals surface area contributed by atoms with Crippen LogP contribution in [0.3, 0.4) is 0 Å². The highest BCUT2D eigenvalue weighted by Crippen LogP contribution is 2.35. The van der Waals surface area contributed by atoms with Crippen LogP contribution in [0.2, 0.25) is 0 Å². The molecule has 1 aliphatic rings. The molecule has 0 saturated carbocycles. The lowest BCUT2D eigenvalue weighted by Gasteiger charge is -2.33. The van der Waals surface area contributed by atoms with Gasteiger partial charge in [0.1, 0.15) is 11.4 Å². The van der Waals surface area contributed by atoms with Crippen LogP contribution in [0.1, 0.15) is 18.4 Å². The summed E-state index contributed by atoms with van der Waals surface area (Å²) in [6.45, 7) is 1.09. The highest BCUT2D eigenvalue weighted by Gasteiger charge is 2.34. The van der Waals surface area contributed by atoms with Gasteiger partial charge in [0, 0.05) is 12.2 Å². The molecule has 3 heteroatoms. The largest absolute Gasteiger partial charge is 0.496 e. The average molecular weight is 208 g/mol. The van der Waals surface area contributed by atoms with Crippen LogP contribution in [0.15, 0.2) is 24.3 Å². The van der Waals surface area contributed by atoms with Crippen molar-refractivity contribution >= 4 is 0 Å². The molecule has 0 aromatic heterocycles. The van der Waals surface area contributed by atoms with Crippen LogP contribution in [0.5, 0.6) is 5.75 Å². The summed E-state index contributed by atoms with van der Waals surface area (Å²) in [4.78, 5) is 0. The zero-order valence-corrected chi connectivity index (χ0v) is 8.90. The van der Waals surface area contributed by atoms with E-state index in [4.69, 9.17) is 9.47 Å². The van der Waals surface area contributed by atoms with Crippen LogP contribution < -0.4 is 4.74 Å². The Morgan fingerprint density at radius 2 is 2.20 bits per heavy atom. The van der Waals surface area contributed by atoms with Crippen molar-refractivity contribution in [3.8, 4) is 5.75 Å². The van der Waals surface area contributed by atoms with Crippen molar-refractivity contribution in [2.75, 3.05) is 20.3 Å². The predicted molar refractivity (Wildman–Crippen MR) is 56.9 cm³/mol. The Balaban J connectivity index is 2.34. The summed E-state index contributed by atoms with van der Waals surface area (Å²) in [7, 11) is 1.62. The molecule has 2 rings (SSSR count). The Morgan fingerprint density at radius 3 is 2.87 bits per heavy atom. The molecule has 1 aromatic rings. The van der Waals surface area contributed by atoms with Crippen LogP contribution in [0.4, 0.5) is 0 Å². The fourth-order valence-electron chi connectivity index (χ4n) is 2.02. The van der Waals surface area contributed by atoms with E-state index in [1.165, 1.54) is 0 Å². The van der Waals surface area contributed by atoms with Crippen LogP contribution >= 0.6 is 0 Å². The van der Waals surface area contributed by atoms with Gasteiger partial charge in [-0.1, -0.05) is 18.2 Å². The molecule has 15 heavy (non-hydrogen) atoms. The van der Waals surface area contributed by atoms with Crippen LogP contribution in [-0.2, 0) is 10.3 Å². The van der Waals surface area contributed by atoms with Gasteiger partial charge in [-0.25, -0.2) is 0 Å². The van der Waals surface area contributed by atoms with Gasteiger partial charge in [0.15, 0.2) is 0 Å². The van der Waals surface area contributed by atoms with E-state index in [9.17, 15) is 5.11 Å². The third kappa shape index (κ3) is 1.98. The predicted octanol–water partition coefficient (Wildman–Crippen LogP) is 1.69. The Morgan fingerprint density at radius 1 is 1.40 bits per heavy atom. The Kier molecular flexibility index (Phi) is 2.93. The molecule has 0 radical (unpaired) electrons. The van der Waals surface area contributed by atoms with E-state index in [-0.39, 0.29) is 0 Å². The van der Waals surface area contributed by atoms with Gasteiger partial charge in [-0.2, -0.15) is 0 Å². The molecule has 1 fully saturated rings. The first-order valence-electron chi connectivity index (χ1n) is 5.20. The summed E-state index contributed by atoms with van der Waals surface area (Å²) in [5.74, 6) is 0.727. The van der Waals surface area contributed by atoms with Crippen molar-refractivity contribution in [1.82, 2.24) is 0 Å². The number of hydrogen-bond acceptors (Lipinski definition) is 3. The van der Waals surface area contributed by atoms with Gasteiger partial charge < -0.3 is 14.6 Å². The molecule has 1 atom stereocenters. The van der Waals surface area contributed by atoms with Crippen molar-refractivity contribution in [2.45, 2.75) is 18.4 Å². The lowest BCUT2D eigenvalue weighted by atomic mass is 9.88. The first kappa shape index (κ1) is 10.5. The monoisotopic (exact) mass is 208 g/mol. The maximum absolute atomic E-state index is 10.4. The number of benzene rings is 1. The Labute approximate surface area is 89.6 Å². The van der Waals surface area contributed by atoms with Crippen molar-refractivity contribution in [1.29, 1.82) is 0 Å². The van der Waals surface area contributed by atoms with Crippen molar-refractivity contribution in [2.24, 2.45) is 0 Å². The molecule has 1 aromatic carbocycles. The smallest absolute Gasteiger partial charge is 0.125 e. The number of aliphatic hydroxyl groups is 1. The van der Waals surface area contributed by atoms with E-state index in [0.717, 1.165) is 30.8 Å². The second-order valence-electron chi connectivity index (χ2n) is 3.89. The van der Waals surface area contributed by atoms with Crippen LogP contribution in [-0.4, -0.2) is 25.4 Å². The van der Waals surface area contributed by atoms with Crippen molar-refractivity contribution in [3.05, 3.63) is 29.8 Å². The third-order valence-electron chi connectivity index (χ3n) is 2.83. The molecule has 1 aliphatic heterocycles. The minimum absolute atomic E-state index is 0.355. The van der Waals surface area contributed by atoms with Crippen molar-refractivity contribution in [3.63, 3.8) is 0 Å². The molecule has 82 valence electrons. The van der Waals surface area contributed by atoms with Gasteiger partial charge in [-0.05, 0) is 18.9 Å². The number of hydrogen-bond donors (Lipinski definition) is 1. The Hall–Kier alpha value is -1.06. The standard InChI is InChI=1S/C12H16O3/c1-14-11-6-3-2-5-10(11)12(13)7-4-8-15-9-12/h2-3,5-6,13H,4,7-9H2,1H3. The van der Waals surface area contributed by atoms with E-state index in [1.807, 2.05) is 24.3 Å². The summed E-state index contributed by atoms with van der Waals surface area (Å²) in [5, 5.41) is 10.4. The van der Waals surface area contributed by atoms with Gasteiger partial charge >= 0.3 is 0 Å². The molecule has 0 amide bonds. The molecule has 1 unspecified atom stereocenters. The summed E-state index contributed by atoms with van der Waals surface area (Å²) in [6.07, 6.45) is 1.61. The SMILES string of the molecule is COc1ccccc1C1(O)CCCOC1. The lowest BCUT2D eigenvalue weighted by molar-refractivity contribution is -0.0912. The van der Waals surface area contributed by atoms with E-state index in [0.29, 0.717) is 6.61 Å². The maximum Gasteiger partial charge on any atom is 0.125 e. The third-order valence-corrected chi connectivity index (χ3v) is 2.83. The second kappa shape index (κ2) is 4.21. The highest BCUT2D eigenvalue weighted by molar-refractivity contribution is 5.38. The fourth-order valence-corrected chi connectivity index (χ4v) is 2.02. The number of para-hydroxylation sites is 1. The quantitative estimate of drug-likeness (QED) is 0.803. The van der Waals surface area contributed by atoms with E-state index in [1.54, 1.807) is 7.11 Å².